The lowest BCUT2D eigenvalue weighted by Gasteiger charge is -2.12. The molecule has 0 aliphatic carbocycles. The Bertz CT molecular complexity index is 601. The Balaban J connectivity index is 2.09. The van der Waals surface area contributed by atoms with Crippen molar-refractivity contribution in [3.63, 3.8) is 0 Å². The van der Waals surface area contributed by atoms with Crippen LogP contribution >= 0.6 is 0 Å². The van der Waals surface area contributed by atoms with Gasteiger partial charge < -0.3 is 15.4 Å². The molecular formula is C17H24N4O. The zero-order chi connectivity index (χ0) is 15.8. The van der Waals surface area contributed by atoms with Crippen LogP contribution in [0.5, 0.6) is 0 Å². The summed E-state index contributed by atoms with van der Waals surface area (Å²) in [5, 5.41) is 6.62. The number of nitrogens with zero attached hydrogens (tertiary/aromatic N) is 2. The first-order valence-electron chi connectivity index (χ1n) is 7.66. The van der Waals surface area contributed by atoms with Crippen LogP contribution in [0.3, 0.4) is 0 Å². The highest BCUT2D eigenvalue weighted by molar-refractivity contribution is 5.59. The van der Waals surface area contributed by atoms with Crippen LogP contribution in [0.4, 0.5) is 17.5 Å². The molecule has 0 radical (unpaired) electrons. The average Bonchev–Trinajstić information content (AvgIpc) is 2.52. The van der Waals surface area contributed by atoms with E-state index in [0.29, 0.717) is 5.95 Å². The molecule has 0 fully saturated rings. The van der Waals surface area contributed by atoms with Crippen molar-refractivity contribution in [2.24, 2.45) is 0 Å². The van der Waals surface area contributed by atoms with Gasteiger partial charge in [-0.05, 0) is 31.4 Å². The number of hydrogen-bond acceptors (Lipinski definition) is 5. The molecular weight excluding hydrogens is 276 g/mol. The van der Waals surface area contributed by atoms with Crippen LogP contribution in [0.2, 0.25) is 0 Å². The van der Waals surface area contributed by atoms with E-state index < -0.39 is 0 Å². The first kappa shape index (κ1) is 16.2. The van der Waals surface area contributed by atoms with Crippen LogP contribution in [0.15, 0.2) is 30.3 Å². The van der Waals surface area contributed by atoms with Crippen LogP contribution in [0.25, 0.3) is 0 Å². The number of anilines is 3. The zero-order valence-electron chi connectivity index (χ0n) is 13.5. The SMILES string of the molecule is CCc1ccccc1Nc1nc(C)cc(NCCCOC)n1. The zero-order valence-corrected chi connectivity index (χ0v) is 13.5. The molecule has 0 aliphatic heterocycles. The Labute approximate surface area is 132 Å². The van der Waals surface area contributed by atoms with Gasteiger partial charge in [0.15, 0.2) is 0 Å². The number of hydrogen-bond donors (Lipinski definition) is 2. The normalized spacial score (nSPS) is 10.5. The smallest absolute Gasteiger partial charge is 0.229 e. The van der Waals surface area contributed by atoms with Gasteiger partial charge >= 0.3 is 0 Å². The van der Waals surface area contributed by atoms with Crippen LogP contribution in [-0.4, -0.2) is 30.2 Å². The van der Waals surface area contributed by atoms with E-state index in [2.05, 4.69) is 39.7 Å². The number of ether oxygens (including phenoxy) is 1. The second-order valence-corrected chi connectivity index (χ2v) is 5.13. The minimum Gasteiger partial charge on any atom is -0.385 e. The van der Waals surface area contributed by atoms with Crippen LogP contribution in [0, 0.1) is 6.92 Å². The molecule has 118 valence electrons. The Morgan fingerprint density at radius 3 is 2.77 bits per heavy atom. The molecule has 0 saturated carbocycles. The molecule has 0 atom stereocenters. The van der Waals surface area contributed by atoms with Crippen LogP contribution in [0.1, 0.15) is 24.6 Å². The highest BCUT2D eigenvalue weighted by atomic mass is 16.5. The molecule has 1 heterocycles. The number of para-hydroxylation sites is 1. The summed E-state index contributed by atoms with van der Waals surface area (Å²) in [6.45, 7) is 5.68. The Morgan fingerprint density at radius 2 is 2.00 bits per heavy atom. The maximum atomic E-state index is 5.05. The first-order valence-corrected chi connectivity index (χ1v) is 7.66. The van der Waals surface area contributed by atoms with Crippen molar-refractivity contribution in [1.82, 2.24) is 9.97 Å². The third-order valence-electron chi connectivity index (χ3n) is 3.33. The van der Waals surface area contributed by atoms with E-state index in [9.17, 15) is 0 Å². The third kappa shape index (κ3) is 4.70. The van der Waals surface area contributed by atoms with Crippen molar-refractivity contribution in [3.8, 4) is 0 Å². The molecule has 0 saturated heterocycles. The molecule has 2 rings (SSSR count). The van der Waals surface area contributed by atoms with E-state index >= 15 is 0 Å². The minimum atomic E-state index is 0.621. The summed E-state index contributed by atoms with van der Waals surface area (Å²) in [6.07, 6.45) is 1.91. The third-order valence-corrected chi connectivity index (χ3v) is 3.33. The lowest BCUT2D eigenvalue weighted by Crippen LogP contribution is -2.08. The largest absolute Gasteiger partial charge is 0.385 e. The summed E-state index contributed by atoms with van der Waals surface area (Å²) in [5.74, 6) is 1.45. The number of aromatic nitrogens is 2. The quantitative estimate of drug-likeness (QED) is 0.730. The Morgan fingerprint density at radius 1 is 1.18 bits per heavy atom. The number of rotatable bonds is 8. The lowest BCUT2D eigenvalue weighted by atomic mass is 10.1. The van der Waals surface area contributed by atoms with Gasteiger partial charge in [-0.15, -0.1) is 0 Å². The highest BCUT2D eigenvalue weighted by Crippen LogP contribution is 2.20. The van der Waals surface area contributed by atoms with Gasteiger partial charge in [-0.1, -0.05) is 25.1 Å². The van der Waals surface area contributed by atoms with Crippen molar-refractivity contribution >= 4 is 17.5 Å². The molecule has 2 aromatic rings. The molecule has 2 N–H and O–H groups in total. The van der Waals surface area contributed by atoms with Gasteiger partial charge in [0, 0.05) is 37.7 Å². The number of methoxy groups -OCH3 is 1. The Kier molecular flexibility index (Phi) is 6.15. The monoisotopic (exact) mass is 300 g/mol. The number of nitrogens with one attached hydrogen (secondary N) is 2. The number of aryl methyl sites for hydroxylation is 2. The summed E-state index contributed by atoms with van der Waals surface area (Å²) in [7, 11) is 1.71. The van der Waals surface area contributed by atoms with Crippen LogP contribution < -0.4 is 10.6 Å². The van der Waals surface area contributed by atoms with Gasteiger partial charge in [0.1, 0.15) is 5.82 Å². The topological polar surface area (TPSA) is 59.1 Å². The molecule has 5 heteroatoms. The van der Waals surface area contributed by atoms with Gasteiger partial charge in [0.25, 0.3) is 0 Å². The van der Waals surface area contributed by atoms with E-state index in [1.54, 1.807) is 7.11 Å². The second-order valence-electron chi connectivity index (χ2n) is 5.13. The second kappa shape index (κ2) is 8.34. The molecule has 5 nitrogen and oxygen atoms in total. The fourth-order valence-corrected chi connectivity index (χ4v) is 2.22. The van der Waals surface area contributed by atoms with Gasteiger partial charge in [-0.25, -0.2) is 4.98 Å². The molecule has 0 amide bonds. The first-order chi connectivity index (χ1) is 10.7. The van der Waals surface area contributed by atoms with E-state index in [1.165, 1.54) is 5.56 Å². The minimum absolute atomic E-state index is 0.621. The van der Waals surface area contributed by atoms with E-state index in [1.807, 2.05) is 25.1 Å². The Hall–Kier alpha value is -2.14. The lowest BCUT2D eigenvalue weighted by molar-refractivity contribution is 0.198. The van der Waals surface area contributed by atoms with E-state index in [-0.39, 0.29) is 0 Å². The maximum absolute atomic E-state index is 5.05. The average molecular weight is 300 g/mol. The fraction of sp³-hybridized carbons (Fsp3) is 0.412. The molecule has 1 aromatic carbocycles. The molecule has 22 heavy (non-hydrogen) atoms. The van der Waals surface area contributed by atoms with Gasteiger partial charge in [0.2, 0.25) is 5.95 Å². The number of benzene rings is 1. The van der Waals surface area contributed by atoms with Gasteiger partial charge in [0.05, 0.1) is 0 Å². The van der Waals surface area contributed by atoms with Crippen molar-refractivity contribution < 1.29 is 4.74 Å². The van der Waals surface area contributed by atoms with Gasteiger partial charge in [-0.3, -0.25) is 0 Å². The summed E-state index contributed by atoms with van der Waals surface area (Å²) in [5.41, 5.74) is 3.24. The van der Waals surface area contributed by atoms with Gasteiger partial charge in [-0.2, -0.15) is 4.98 Å². The standard InChI is InChI=1S/C17H24N4O/c1-4-14-8-5-6-9-15(14)20-17-19-13(2)12-16(21-17)18-10-7-11-22-3/h5-6,8-9,12H,4,7,10-11H2,1-3H3,(H2,18,19,20,21). The van der Waals surface area contributed by atoms with Crippen molar-refractivity contribution in [2.45, 2.75) is 26.7 Å². The molecule has 0 spiro atoms. The van der Waals surface area contributed by atoms with Crippen LogP contribution in [-0.2, 0) is 11.2 Å². The van der Waals surface area contributed by atoms with E-state index in [4.69, 9.17) is 4.74 Å². The van der Waals surface area contributed by atoms with Crippen molar-refractivity contribution in [3.05, 3.63) is 41.6 Å². The van der Waals surface area contributed by atoms with E-state index in [0.717, 1.165) is 43.2 Å². The summed E-state index contributed by atoms with van der Waals surface area (Å²) >= 11 is 0. The summed E-state index contributed by atoms with van der Waals surface area (Å²) < 4.78 is 5.05. The summed E-state index contributed by atoms with van der Waals surface area (Å²) in [4.78, 5) is 8.99. The molecule has 0 aliphatic rings. The molecule has 1 aromatic heterocycles. The molecule has 0 bridgehead atoms. The molecule has 0 unspecified atom stereocenters. The predicted octanol–water partition coefficient (Wildman–Crippen LogP) is 3.54. The maximum Gasteiger partial charge on any atom is 0.229 e. The van der Waals surface area contributed by atoms with Crippen molar-refractivity contribution in [1.29, 1.82) is 0 Å². The van der Waals surface area contributed by atoms with Crippen molar-refractivity contribution in [2.75, 3.05) is 30.9 Å². The fourth-order valence-electron chi connectivity index (χ4n) is 2.22. The predicted molar refractivity (Wildman–Crippen MR) is 90.9 cm³/mol. The highest BCUT2D eigenvalue weighted by Gasteiger charge is 2.05. The summed E-state index contributed by atoms with van der Waals surface area (Å²) in [6, 6.07) is 10.2.